The maximum Gasteiger partial charge on any atom is 0.140 e. The van der Waals surface area contributed by atoms with Crippen LogP contribution in [0.25, 0.3) is 10.9 Å². The van der Waals surface area contributed by atoms with E-state index in [0.29, 0.717) is 5.76 Å². The Hall–Kier alpha value is -1.17. The van der Waals surface area contributed by atoms with Gasteiger partial charge in [-0.3, -0.25) is 0 Å². The number of pyridine rings is 1. The SMILES string of the molecule is NC(c1nc2ccccc2cc1Br)c1occc1Br. The van der Waals surface area contributed by atoms with Gasteiger partial charge in [-0.25, -0.2) is 4.98 Å². The van der Waals surface area contributed by atoms with E-state index in [1.54, 1.807) is 6.26 Å². The number of benzene rings is 1. The Bertz CT molecular complexity index is 739. The monoisotopic (exact) mass is 380 g/mol. The molecule has 0 aliphatic carbocycles. The van der Waals surface area contributed by atoms with Crippen LogP contribution in [0.4, 0.5) is 0 Å². The quantitative estimate of drug-likeness (QED) is 0.715. The van der Waals surface area contributed by atoms with E-state index >= 15 is 0 Å². The van der Waals surface area contributed by atoms with Crippen molar-refractivity contribution in [2.24, 2.45) is 5.73 Å². The Morgan fingerprint density at radius 3 is 2.63 bits per heavy atom. The number of hydrogen-bond donors (Lipinski definition) is 1. The first-order valence-electron chi connectivity index (χ1n) is 5.70. The zero-order chi connectivity index (χ0) is 13.4. The summed E-state index contributed by atoms with van der Waals surface area (Å²) in [6.07, 6.45) is 1.61. The molecule has 1 unspecified atom stereocenters. The zero-order valence-electron chi connectivity index (χ0n) is 9.81. The summed E-state index contributed by atoms with van der Waals surface area (Å²) in [4.78, 5) is 4.62. The lowest BCUT2D eigenvalue weighted by Crippen LogP contribution is -2.14. The summed E-state index contributed by atoms with van der Waals surface area (Å²) in [6.45, 7) is 0. The number of rotatable bonds is 2. The highest BCUT2D eigenvalue weighted by Gasteiger charge is 2.20. The number of fused-ring (bicyclic) bond motifs is 1. The van der Waals surface area contributed by atoms with Crippen LogP contribution in [-0.2, 0) is 0 Å². The summed E-state index contributed by atoms with van der Waals surface area (Å²) in [5, 5.41) is 1.07. The van der Waals surface area contributed by atoms with Crippen LogP contribution in [0, 0.1) is 0 Å². The van der Waals surface area contributed by atoms with Gasteiger partial charge in [0.25, 0.3) is 0 Å². The van der Waals surface area contributed by atoms with Gasteiger partial charge in [-0.05, 0) is 50.1 Å². The van der Waals surface area contributed by atoms with E-state index in [1.807, 2.05) is 36.4 Å². The molecule has 0 aliphatic heterocycles. The first-order valence-corrected chi connectivity index (χ1v) is 7.29. The lowest BCUT2D eigenvalue weighted by atomic mass is 10.1. The summed E-state index contributed by atoms with van der Waals surface area (Å²) in [6, 6.07) is 11.4. The molecular formula is C14H10Br2N2O. The van der Waals surface area contributed by atoms with Crippen LogP contribution >= 0.6 is 31.9 Å². The molecule has 1 aromatic carbocycles. The summed E-state index contributed by atoms with van der Waals surface area (Å²) in [7, 11) is 0. The number of para-hydroxylation sites is 1. The first-order chi connectivity index (χ1) is 9.16. The minimum Gasteiger partial charge on any atom is -0.466 e. The van der Waals surface area contributed by atoms with Crippen LogP contribution in [-0.4, -0.2) is 4.98 Å². The number of nitrogens with zero attached hydrogens (tertiary/aromatic N) is 1. The van der Waals surface area contributed by atoms with E-state index in [0.717, 1.165) is 25.5 Å². The Labute approximate surface area is 127 Å². The summed E-state index contributed by atoms with van der Waals surface area (Å²) >= 11 is 6.95. The molecule has 0 bridgehead atoms. The van der Waals surface area contributed by atoms with Gasteiger partial charge in [-0.15, -0.1) is 0 Å². The fourth-order valence-corrected chi connectivity index (χ4v) is 3.00. The van der Waals surface area contributed by atoms with Crippen LogP contribution < -0.4 is 5.73 Å². The molecule has 1 atom stereocenters. The number of hydrogen-bond acceptors (Lipinski definition) is 3. The van der Waals surface area contributed by atoms with Crippen molar-refractivity contribution >= 4 is 42.8 Å². The highest BCUT2D eigenvalue weighted by atomic mass is 79.9. The average molecular weight is 382 g/mol. The van der Waals surface area contributed by atoms with Gasteiger partial charge in [-0.2, -0.15) is 0 Å². The van der Waals surface area contributed by atoms with Crippen molar-refractivity contribution in [2.75, 3.05) is 0 Å². The van der Waals surface area contributed by atoms with Gasteiger partial charge in [0.05, 0.1) is 21.9 Å². The largest absolute Gasteiger partial charge is 0.466 e. The lowest BCUT2D eigenvalue weighted by Gasteiger charge is -2.12. The minimum atomic E-state index is -0.414. The highest BCUT2D eigenvalue weighted by Crippen LogP contribution is 2.32. The van der Waals surface area contributed by atoms with Crippen molar-refractivity contribution in [1.82, 2.24) is 4.98 Å². The predicted molar refractivity (Wildman–Crippen MR) is 81.9 cm³/mol. The number of nitrogens with two attached hydrogens (primary N) is 1. The molecule has 3 nitrogen and oxygen atoms in total. The molecule has 96 valence electrons. The van der Waals surface area contributed by atoms with E-state index in [2.05, 4.69) is 36.8 Å². The average Bonchev–Trinajstić information content (AvgIpc) is 2.83. The smallest absolute Gasteiger partial charge is 0.140 e. The number of halogens is 2. The molecule has 0 radical (unpaired) electrons. The molecule has 3 rings (SSSR count). The Balaban J connectivity index is 2.14. The maximum atomic E-state index is 6.24. The Kier molecular flexibility index (Phi) is 3.43. The van der Waals surface area contributed by atoms with E-state index in [9.17, 15) is 0 Å². The molecule has 2 heterocycles. The van der Waals surface area contributed by atoms with Crippen LogP contribution in [0.15, 0.2) is 56.0 Å². The van der Waals surface area contributed by atoms with Crippen molar-refractivity contribution in [3.05, 3.63) is 63.1 Å². The second-order valence-electron chi connectivity index (χ2n) is 4.16. The second-order valence-corrected chi connectivity index (χ2v) is 5.87. The third kappa shape index (κ3) is 2.33. The van der Waals surface area contributed by atoms with E-state index in [-0.39, 0.29) is 0 Å². The van der Waals surface area contributed by atoms with E-state index in [4.69, 9.17) is 10.2 Å². The van der Waals surface area contributed by atoms with Crippen LogP contribution in [0.5, 0.6) is 0 Å². The standard InChI is InChI=1S/C14H10Br2N2O/c15-9-5-6-19-14(9)12(17)13-10(16)7-8-3-1-2-4-11(8)18-13/h1-7,12H,17H2. The predicted octanol–water partition coefficient (Wildman–Crippen LogP) is 4.40. The van der Waals surface area contributed by atoms with Gasteiger partial charge in [0, 0.05) is 9.86 Å². The molecule has 0 amide bonds. The van der Waals surface area contributed by atoms with Gasteiger partial charge < -0.3 is 10.2 Å². The molecule has 0 spiro atoms. The number of aromatic nitrogens is 1. The molecule has 5 heteroatoms. The van der Waals surface area contributed by atoms with Crippen LogP contribution in [0.2, 0.25) is 0 Å². The third-order valence-electron chi connectivity index (χ3n) is 2.93. The zero-order valence-corrected chi connectivity index (χ0v) is 13.0. The van der Waals surface area contributed by atoms with Gasteiger partial charge in [0.15, 0.2) is 0 Å². The van der Waals surface area contributed by atoms with Crippen molar-refractivity contribution < 1.29 is 4.42 Å². The molecule has 0 fully saturated rings. The van der Waals surface area contributed by atoms with Crippen molar-refractivity contribution in [2.45, 2.75) is 6.04 Å². The van der Waals surface area contributed by atoms with Gasteiger partial charge in [-0.1, -0.05) is 18.2 Å². The molecule has 3 aromatic rings. The fourth-order valence-electron chi connectivity index (χ4n) is 1.97. The Morgan fingerprint density at radius 2 is 1.89 bits per heavy atom. The summed E-state index contributed by atoms with van der Waals surface area (Å²) < 4.78 is 7.14. The molecule has 19 heavy (non-hydrogen) atoms. The second kappa shape index (κ2) is 5.07. The molecule has 2 aromatic heterocycles. The first kappa shape index (κ1) is 12.8. The van der Waals surface area contributed by atoms with Crippen molar-refractivity contribution in [3.8, 4) is 0 Å². The van der Waals surface area contributed by atoms with Crippen molar-refractivity contribution in [3.63, 3.8) is 0 Å². The normalized spacial score (nSPS) is 12.8. The maximum absolute atomic E-state index is 6.24. The number of furan rings is 1. The molecule has 0 saturated heterocycles. The van der Waals surface area contributed by atoms with Crippen LogP contribution in [0.3, 0.4) is 0 Å². The molecule has 2 N–H and O–H groups in total. The fraction of sp³-hybridized carbons (Fsp3) is 0.0714. The Morgan fingerprint density at radius 1 is 1.11 bits per heavy atom. The van der Waals surface area contributed by atoms with Gasteiger partial charge in [0.2, 0.25) is 0 Å². The minimum absolute atomic E-state index is 0.414. The molecule has 0 aliphatic rings. The van der Waals surface area contributed by atoms with Crippen LogP contribution in [0.1, 0.15) is 17.5 Å². The lowest BCUT2D eigenvalue weighted by molar-refractivity contribution is 0.484. The summed E-state index contributed by atoms with van der Waals surface area (Å²) in [5.41, 5.74) is 7.91. The van der Waals surface area contributed by atoms with Gasteiger partial charge in [0.1, 0.15) is 11.8 Å². The third-order valence-corrected chi connectivity index (χ3v) is 4.22. The molecule has 0 saturated carbocycles. The highest BCUT2D eigenvalue weighted by molar-refractivity contribution is 9.10. The van der Waals surface area contributed by atoms with E-state index < -0.39 is 6.04 Å². The summed E-state index contributed by atoms with van der Waals surface area (Å²) in [5.74, 6) is 0.670. The van der Waals surface area contributed by atoms with Crippen molar-refractivity contribution in [1.29, 1.82) is 0 Å². The molecular weight excluding hydrogens is 372 g/mol. The van der Waals surface area contributed by atoms with E-state index in [1.165, 1.54) is 0 Å². The van der Waals surface area contributed by atoms with Gasteiger partial charge >= 0.3 is 0 Å². The topological polar surface area (TPSA) is 52.0 Å².